The second kappa shape index (κ2) is 7.64. The molecule has 2 N–H and O–H groups in total. The molecule has 2 fully saturated rings. The van der Waals surface area contributed by atoms with Crippen molar-refractivity contribution in [3.05, 3.63) is 47.7 Å². The summed E-state index contributed by atoms with van der Waals surface area (Å²) in [5.74, 6) is 0.927. The molecule has 0 atom stereocenters. The number of piperazine rings is 1. The first-order valence-electron chi connectivity index (χ1n) is 10.6. The van der Waals surface area contributed by atoms with E-state index in [1.807, 2.05) is 29.3 Å². The Morgan fingerprint density at radius 1 is 1.19 bits per heavy atom. The molecule has 2 aromatic heterocycles. The van der Waals surface area contributed by atoms with Crippen LogP contribution < -0.4 is 10.2 Å². The summed E-state index contributed by atoms with van der Waals surface area (Å²) >= 11 is 0. The Morgan fingerprint density at radius 2 is 1.97 bits per heavy atom. The van der Waals surface area contributed by atoms with Crippen LogP contribution in [0.15, 0.2) is 36.5 Å². The van der Waals surface area contributed by atoms with E-state index in [-0.39, 0.29) is 23.3 Å². The van der Waals surface area contributed by atoms with Crippen molar-refractivity contribution >= 4 is 34.6 Å². The van der Waals surface area contributed by atoms with Gasteiger partial charge < -0.3 is 14.8 Å². The number of H-pyrrole nitrogens is 1. The van der Waals surface area contributed by atoms with Crippen LogP contribution in [0.25, 0.3) is 11.0 Å². The van der Waals surface area contributed by atoms with Crippen LogP contribution in [0, 0.1) is 11.3 Å². The number of nitrogens with one attached hydrogen (secondary N) is 2. The summed E-state index contributed by atoms with van der Waals surface area (Å²) in [5, 5.41) is 12.5. The summed E-state index contributed by atoms with van der Waals surface area (Å²) in [4.78, 5) is 41.0. The minimum absolute atomic E-state index is 0.111. The molecule has 1 saturated heterocycles. The third-order valence-electron chi connectivity index (χ3n) is 6.20. The monoisotopic (exact) mass is 429 g/mol. The van der Waals surface area contributed by atoms with Gasteiger partial charge >= 0.3 is 0 Å². The highest BCUT2D eigenvalue weighted by Gasteiger charge is 2.53. The molecule has 32 heavy (non-hydrogen) atoms. The van der Waals surface area contributed by atoms with Crippen LogP contribution in [0.2, 0.25) is 0 Å². The summed E-state index contributed by atoms with van der Waals surface area (Å²) in [5.41, 5.74) is 2.00. The Morgan fingerprint density at radius 3 is 2.66 bits per heavy atom. The van der Waals surface area contributed by atoms with Crippen molar-refractivity contribution in [2.75, 3.05) is 29.9 Å². The quantitative estimate of drug-likeness (QED) is 0.657. The standard InChI is InChI=1S/C23H23N7O2/c1-15(31)26-22-27-20-18(6-9-25-20)21(28-22)29-10-11-30(23(14-29)7-8-23)19(32)12-16-2-4-17(13-24)5-3-16/h2-6,9H,7-8,10-12,14H2,1H3,(H2,25,26,27,28,31). The minimum atomic E-state index is -0.223. The van der Waals surface area contributed by atoms with Gasteiger partial charge in [0.15, 0.2) is 0 Å². The molecule has 3 heterocycles. The summed E-state index contributed by atoms with van der Waals surface area (Å²) in [6, 6.07) is 11.2. The number of nitriles is 1. The second-order valence-corrected chi connectivity index (χ2v) is 8.47. The zero-order valence-electron chi connectivity index (χ0n) is 17.8. The number of hydrogen-bond acceptors (Lipinski definition) is 6. The lowest BCUT2D eigenvalue weighted by Gasteiger charge is -2.43. The van der Waals surface area contributed by atoms with Crippen LogP contribution in [0.3, 0.4) is 0 Å². The lowest BCUT2D eigenvalue weighted by molar-refractivity contribution is -0.134. The van der Waals surface area contributed by atoms with Crippen molar-refractivity contribution in [3.63, 3.8) is 0 Å². The van der Waals surface area contributed by atoms with E-state index in [1.165, 1.54) is 6.92 Å². The van der Waals surface area contributed by atoms with Crippen molar-refractivity contribution < 1.29 is 9.59 Å². The number of aromatic nitrogens is 3. The van der Waals surface area contributed by atoms with E-state index in [9.17, 15) is 9.59 Å². The molecule has 0 radical (unpaired) electrons. The fourth-order valence-electron chi connectivity index (χ4n) is 4.47. The molecule has 1 aromatic carbocycles. The topological polar surface area (TPSA) is 118 Å². The molecule has 162 valence electrons. The summed E-state index contributed by atoms with van der Waals surface area (Å²) < 4.78 is 0. The first kappa shape index (κ1) is 20.0. The van der Waals surface area contributed by atoms with E-state index >= 15 is 0 Å². The first-order chi connectivity index (χ1) is 15.5. The average molecular weight is 429 g/mol. The number of rotatable bonds is 4. The Bertz CT molecular complexity index is 1240. The number of carbonyl (C=O) groups excluding carboxylic acids is 2. The molecule has 2 aliphatic rings. The highest BCUT2D eigenvalue weighted by atomic mass is 16.2. The van der Waals surface area contributed by atoms with Gasteiger partial charge in [0.05, 0.1) is 29.0 Å². The number of nitrogens with zero attached hydrogens (tertiary/aromatic N) is 5. The van der Waals surface area contributed by atoms with Crippen LogP contribution in [0.1, 0.15) is 30.9 Å². The fourth-order valence-corrected chi connectivity index (χ4v) is 4.47. The molecule has 2 amide bonds. The predicted octanol–water partition coefficient (Wildman–Crippen LogP) is 2.21. The first-order valence-corrected chi connectivity index (χ1v) is 10.6. The maximum absolute atomic E-state index is 13.1. The molecule has 1 spiro atoms. The maximum atomic E-state index is 13.1. The van der Waals surface area contributed by atoms with Gasteiger partial charge in [-0.2, -0.15) is 15.2 Å². The molecule has 1 aliphatic heterocycles. The number of amides is 2. The van der Waals surface area contributed by atoms with Gasteiger partial charge in [-0.05, 0) is 36.6 Å². The van der Waals surface area contributed by atoms with Crippen molar-refractivity contribution in [2.45, 2.75) is 31.7 Å². The van der Waals surface area contributed by atoms with E-state index in [0.29, 0.717) is 37.3 Å². The number of hydrogen-bond donors (Lipinski definition) is 2. The molecule has 9 heteroatoms. The Labute approximate surface area is 185 Å². The lowest BCUT2D eigenvalue weighted by atomic mass is 10.1. The van der Waals surface area contributed by atoms with Crippen molar-refractivity contribution in [2.24, 2.45) is 0 Å². The van der Waals surface area contributed by atoms with Gasteiger partial charge in [0.2, 0.25) is 17.8 Å². The van der Waals surface area contributed by atoms with Gasteiger partial charge in [0.1, 0.15) is 11.5 Å². The van der Waals surface area contributed by atoms with Crippen molar-refractivity contribution in [1.82, 2.24) is 19.9 Å². The molecular formula is C23H23N7O2. The zero-order chi connectivity index (χ0) is 22.3. The van der Waals surface area contributed by atoms with Crippen molar-refractivity contribution in [3.8, 4) is 6.07 Å². The number of carbonyl (C=O) groups is 2. The van der Waals surface area contributed by atoms with E-state index in [0.717, 1.165) is 29.6 Å². The van der Waals surface area contributed by atoms with E-state index in [2.05, 4.69) is 31.2 Å². The third-order valence-corrected chi connectivity index (χ3v) is 6.20. The fraction of sp³-hybridized carbons (Fsp3) is 0.348. The smallest absolute Gasteiger partial charge is 0.233 e. The van der Waals surface area contributed by atoms with E-state index in [4.69, 9.17) is 5.26 Å². The summed E-state index contributed by atoms with van der Waals surface area (Å²) in [6.45, 7) is 3.39. The number of fused-ring (bicyclic) bond motifs is 1. The predicted molar refractivity (Wildman–Crippen MR) is 119 cm³/mol. The molecule has 1 saturated carbocycles. The van der Waals surface area contributed by atoms with Crippen LogP contribution in [-0.2, 0) is 16.0 Å². The molecule has 1 aliphatic carbocycles. The second-order valence-electron chi connectivity index (χ2n) is 8.47. The Hall–Kier alpha value is -3.93. The van der Waals surface area contributed by atoms with Crippen molar-refractivity contribution in [1.29, 1.82) is 5.26 Å². The van der Waals surface area contributed by atoms with Crippen LogP contribution in [-0.4, -0.2) is 56.8 Å². The molecule has 0 unspecified atom stereocenters. The van der Waals surface area contributed by atoms with Crippen LogP contribution in [0.5, 0.6) is 0 Å². The van der Waals surface area contributed by atoms with Gasteiger partial charge in [0.25, 0.3) is 0 Å². The van der Waals surface area contributed by atoms with Crippen LogP contribution in [0.4, 0.5) is 11.8 Å². The highest BCUT2D eigenvalue weighted by Crippen LogP contribution is 2.45. The van der Waals surface area contributed by atoms with Gasteiger partial charge in [-0.3, -0.25) is 14.9 Å². The number of benzene rings is 1. The van der Waals surface area contributed by atoms with Gasteiger partial charge in [-0.15, -0.1) is 0 Å². The number of anilines is 2. The molecular weight excluding hydrogens is 406 g/mol. The van der Waals surface area contributed by atoms with Crippen LogP contribution >= 0.6 is 0 Å². The molecule has 9 nitrogen and oxygen atoms in total. The Kier molecular flexibility index (Phi) is 4.78. The molecule has 0 bridgehead atoms. The van der Waals surface area contributed by atoms with Gasteiger partial charge in [-0.1, -0.05) is 12.1 Å². The summed E-state index contributed by atoms with van der Waals surface area (Å²) in [6.07, 6.45) is 4.06. The molecule has 5 rings (SSSR count). The summed E-state index contributed by atoms with van der Waals surface area (Å²) in [7, 11) is 0. The zero-order valence-corrected chi connectivity index (χ0v) is 17.8. The van der Waals surface area contributed by atoms with Gasteiger partial charge in [0, 0.05) is 32.8 Å². The average Bonchev–Trinajstić information content (AvgIpc) is 3.36. The maximum Gasteiger partial charge on any atom is 0.233 e. The van der Waals surface area contributed by atoms with Gasteiger partial charge in [-0.25, -0.2) is 0 Å². The Balaban J connectivity index is 1.36. The number of aromatic amines is 1. The SMILES string of the molecule is CC(=O)Nc1nc(N2CCN(C(=O)Cc3ccc(C#N)cc3)C3(CC3)C2)c2cc[nH]c2n1. The lowest BCUT2D eigenvalue weighted by Crippen LogP contribution is -2.57. The minimum Gasteiger partial charge on any atom is -0.352 e. The third kappa shape index (κ3) is 3.64. The normalized spacial score (nSPS) is 16.8. The molecule has 3 aromatic rings. The highest BCUT2D eigenvalue weighted by molar-refractivity contribution is 5.92. The largest absolute Gasteiger partial charge is 0.352 e. The van der Waals surface area contributed by atoms with E-state index in [1.54, 1.807) is 12.1 Å². The van der Waals surface area contributed by atoms with E-state index < -0.39 is 0 Å².